The van der Waals surface area contributed by atoms with Crippen molar-refractivity contribution in [2.45, 2.75) is 52.5 Å². The molecule has 0 aliphatic carbocycles. The van der Waals surface area contributed by atoms with Crippen LogP contribution in [0.4, 0.5) is 11.4 Å². The van der Waals surface area contributed by atoms with Crippen LogP contribution in [0.15, 0.2) is 85.5 Å². The molecule has 0 bridgehead atoms. The first kappa shape index (κ1) is 26.3. The van der Waals surface area contributed by atoms with E-state index in [4.69, 9.17) is 0 Å². The maximum absolute atomic E-state index is 12.1. The topological polar surface area (TPSA) is 66.4 Å². The van der Waals surface area contributed by atoms with Gasteiger partial charge in [0, 0.05) is 61.6 Å². The lowest BCUT2D eigenvalue weighted by Gasteiger charge is -2.33. The molecule has 2 aliphatic rings. The first-order valence-corrected chi connectivity index (χ1v) is 13.7. The molecule has 0 fully saturated rings. The standard InChI is InChI=1S/C17H18N2O.C16H16N2O/c1-12(2)19-16-7-5-13(15-4-3-9-18-11-15)10-14(16)6-8-17(19)20;1-2-18-15-7-5-12(14-4-3-9-17-11-14)10-13(15)6-8-16(18)19/h3-5,7,9-12H,6,8H2,1-2H3;3-5,7,9-11H,2,6,8H2,1H3. The molecule has 4 aromatic rings. The third-order valence-corrected chi connectivity index (χ3v) is 7.32. The van der Waals surface area contributed by atoms with Crippen LogP contribution in [0, 0.1) is 0 Å². The van der Waals surface area contributed by atoms with E-state index in [1.807, 2.05) is 41.2 Å². The number of rotatable bonds is 4. The largest absolute Gasteiger partial charge is 0.312 e. The van der Waals surface area contributed by atoms with E-state index in [1.165, 1.54) is 11.1 Å². The van der Waals surface area contributed by atoms with Crippen LogP contribution >= 0.6 is 0 Å². The van der Waals surface area contributed by atoms with E-state index in [-0.39, 0.29) is 17.9 Å². The van der Waals surface area contributed by atoms with Crippen molar-refractivity contribution in [3.8, 4) is 22.3 Å². The first-order chi connectivity index (χ1) is 19.0. The maximum Gasteiger partial charge on any atom is 0.227 e. The number of anilines is 2. The van der Waals surface area contributed by atoms with E-state index < -0.39 is 0 Å². The summed E-state index contributed by atoms with van der Waals surface area (Å²) in [6.07, 6.45) is 10.2. The molecule has 0 spiro atoms. The van der Waals surface area contributed by atoms with E-state index in [0.29, 0.717) is 12.8 Å². The normalized spacial score (nSPS) is 14.5. The molecule has 4 heterocycles. The second kappa shape index (κ2) is 11.6. The van der Waals surface area contributed by atoms with Crippen LogP contribution in [-0.2, 0) is 22.4 Å². The molecule has 0 unspecified atom stereocenters. The molecule has 0 saturated carbocycles. The van der Waals surface area contributed by atoms with Crippen molar-refractivity contribution in [1.29, 1.82) is 0 Å². The minimum Gasteiger partial charge on any atom is -0.312 e. The highest BCUT2D eigenvalue weighted by atomic mass is 16.2. The van der Waals surface area contributed by atoms with Gasteiger partial charge in [-0.05, 0) is 103 Å². The van der Waals surface area contributed by atoms with E-state index in [0.717, 1.165) is 53.0 Å². The summed E-state index contributed by atoms with van der Waals surface area (Å²) in [4.78, 5) is 36.0. The molecule has 2 aliphatic heterocycles. The van der Waals surface area contributed by atoms with E-state index in [1.54, 1.807) is 12.4 Å². The van der Waals surface area contributed by atoms with Crippen molar-refractivity contribution < 1.29 is 9.59 Å². The molecule has 0 N–H and O–H groups in total. The van der Waals surface area contributed by atoms with Gasteiger partial charge in [0.2, 0.25) is 11.8 Å². The highest BCUT2D eigenvalue weighted by molar-refractivity contribution is 5.98. The zero-order valence-corrected chi connectivity index (χ0v) is 22.8. The van der Waals surface area contributed by atoms with Crippen LogP contribution in [0.3, 0.4) is 0 Å². The molecular weight excluding hydrogens is 484 g/mol. The molecule has 198 valence electrons. The van der Waals surface area contributed by atoms with Crippen molar-refractivity contribution in [3.63, 3.8) is 0 Å². The zero-order chi connectivity index (χ0) is 27.4. The number of nitrogens with zero attached hydrogens (tertiary/aromatic N) is 4. The number of carbonyl (C=O) groups is 2. The third kappa shape index (κ3) is 5.60. The maximum atomic E-state index is 12.1. The molecule has 39 heavy (non-hydrogen) atoms. The Hall–Kier alpha value is -4.32. The van der Waals surface area contributed by atoms with Gasteiger partial charge in [0.15, 0.2) is 0 Å². The molecule has 2 aromatic heterocycles. The Morgan fingerprint density at radius 1 is 0.692 bits per heavy atom. The van der Waals surface area contributed by atoms with E-state index in [9.17, 15) is 9.59 Å². The van der Waals surface area contributed by atoms with Gasteiger partial charge >= 0.3 is 0 Å². The number of pyridine rings is 2. The summed E-state index contributed by atoms with van der Waals surface area (Å²) in [5.74, 6) is 0.450. The lowest BCUT2D eigenvalue weighted by atomic mass is 9.95. The van der Waals surface area contributed by atoms with Crippen molar-refractivity contribution in [2.75, 3.05) is 16.3 Å². The fourth-order valence-electron chi connectivity index (χ4n) is 5.42. The molecule has 0 radical (unpaired) electrons. The summed E-state index contributed by atoms with van der Waals surface area (Å²) < 4.78 is 0. The van der Waals surface area contributed by atoms with Gasteiger partial charge in [-0.1, -0.05) is 24.3 Å². The summed E-state index contributed by atoms with van der Waals surface area (Å²) in [5.41, 5.74) is 9.18. The van der Waals surface area contributed by atoms with Gasteiger partial charge < -0.3 is 9.80 Å². The van der Waals surface area contributed by atoms with Crippen LogP contribution in [0.5, 0.6) is 0 Å². The fourth-order valence-corrected chi connectivity index (χ4v) is 5.42. The molecule has 2 amide bonds. The minimum absolute atomic E-state index is 0.200. The minimum atomic E-state index is 0.200. The van der Waals surface area contributed by atoms with Gasteiger partial charge in [-0.25, -0.2) is 0 Å². The quantitative estimate of drug-likeness (QED) is 0.310. The fraction of sp³-hybridized carbons (Fsp3) is 0.273. The second-order valence-corrected chi connectivity index (χ2v) is 10.2. The number of hydrogen-bond acceptors (Lipinski definition) is 4. The highest BCUT2D eigenvalue weighted by Crippen LogP contribution is 2.33. The Morgan fingerprint density at radius 3 is 1.74 bits per heavy atom. The Bertz CT molecular complexity index is 1470. The van der Waals surface area contributed by atoms with Crippen molar-refractivity contribution >= 4 is 23.2 Å². The van der Waals surface area contributed by atoms with Gasteiger partial charge in [0.1, 0.15) is 0 Å². The third-order valence-electron chi connectivity index (χ3n) is 7.32. The van der Waals surface area contributed by atoms with Crippen molar-refractivity contribution in [2.24, 2.45) is 0 Å². The second-order valence-electron chi connectivity index (χ2n) is 10.2. The van der Waals surface area contributed by atoms with Gasteiger partial charge in [-0.2, -0.15) is 0 Å². The van der Waals surface area contributed by atoms with Gasteiger partial charge in [-0.15, -0.1) is 0 Å². The lowest BCUT2D eigenvalue weighted by molar-refractivity contribution is -0.119. The number of amides is 2. The molecule has 6 nitrogen and oxygen atoms in total. The van der Waals surface area contributed by atoms with Crippen LogP contribution in [0.1, 0.15) is 44.7 Å². The molecule has 0 saturated heterocycles. The molecule has 0 atom stereocenters. The average molecular weight is 519 g/mol. The summed E-state index contributed by atoms with van der Waals surface area (Å²) in [6, 6.07) is 20.8. The van der Waals surface area contributed by atoms with Crippen LogP contribution in [-0.4, -0.2) is 34.4 Å². The number of aryl methyl sites for hydroxylation is 2. The Kier molecular flexibility index (Phi) is 7.82. The zero-order valence-electron chi connectivity index (χ0n) is 22.8. The van der Waals surface area contributed by atoms with Crippen LogP contribution in [0.2, 0.25) is 0 Å². The smallest absolute Gasteiger partial charge is 0.227 e. The summed E-state index contributed by atoms with van der Waals surface area (Å²) >= 11 is 0. The Balaban J connectivity index is 0.000000158. The van der Waals surface area contributed by atoms with Crippen LogP contribution < -0.4 is 9.80 Å². The average Bonchev–Trinajstić information content (AvgIpc) is 2.97. The number of hydrogen-bond donors (Lipinski definition) is 0. The number of carbonyl (C=O) groups excluding carboxylic acids is 2. The Labute approximate surface area is 230 Å². The predicted molar refractivity (Wildman–Crippen MR) is 157 cm³/mol. The molecule has 2 aromatic carbocycles. The number of benzene rings is 2. The predicted octanol–water partition coefficient (Wildman–Crippen LogP) is 6.48. The number of fused-ring (bicyclic) bond motifs is 2. The summed E-state index contributed by atoms with van der Waals surface area (Å²) in [5, 5.41) is 0. The summed E-state index contributed by atoms with van der Waals surface area (Å²) in [7, 11) is 0. The highest BCUT2D eigenvalue weighted by Gasteiger charge is 2.26. The SMILES string of the molecule is CC(C)N1C(=O)CCc2cc(-c3cccnc3)ccc21.CCN1C(=O)CCc2cc(-c3cccnc3)ccc21. The molecule has 6 rings (SSSR count). The first-order valence-electron chi connectivity index (χ1n) is 13.7. The van der Waals surface area contributed by atoms with Crippen molar-refractivity contribution in [3.05, 3.63) is 96.6 Å². The summed E-state index contributed by atoms with van der Waals surface area (Å²) in [6.45, 7) is 6.87. The van der Waals surface area contributed by atoms with Crippen molar-refractivity contribution in [1.82, 2.24) is 9.97 Å². The number of aromatic nitrogens is 2. The Morgan fingerprint density at radius 2 is 1.23 bits per heavy atom. The molecule has 6 heteroatoms. The van der Waals surface area contributed by atoms with E-state index in [2.05, 4.69) is 72.3 Å². The lowest BCUT2D eigenvalue weighted by Crippen LogP contribution is -2.40. The van der Waals surface area contributed by atoms with Crippen LogP contribution in [0.25, 0.3) is 22.3 Å². The van der Waals surface area contributed by atoms with E-state index >= 15 is 0 Å². The molecular formula is C33H34N4O2. The van der Waals surface area contributed by atoms with Gasteiger partial charge in [0.05, 0.1) is 0 Å². The van der Waals surface area contributed by atoms with Gasteiger partial charge in [-0.3, -0.25) is 19.6 Å². The monoisotopic (exact) mass is 518 g/mol. The van der Waals surface area contributed by atoms with Gasteiger partial charge in [0.25, 0.3) is 0 Å².